The summed E-state index contributed by atoms with van der Waals surface area (Å²) in [4.78, 5) is 0. The van der Waals surface area contributed by atoms with Crippen molar-refractivity contribution in [2.75, 3.05) is 13.7 Å². The van der Waals surface area contributed by atoms with Crippen molar-refractivity contribution in [1.29, 1.82) is 0 Å². The summed E-state index contributed by atoms with van der Waals surface area (Å²) in [5.74, 6) is 2.66. The van der Waals surface area contributed by atoms with Gasteiger partial charge in [0.05, 0.1) is 25.5 Å². The molecule has 5 rings (SSSR count). The number of hydrogen-bond donors (Lipinski definition) is 0. The van der Waals surface area contributed by atoms with Gasteiger partial charge in [-0.2, -0.15) is 5.10 Å². The van der Waals surface area contributed by atoms with Gasteiger partial charge in [0.25, 0.3) is 0 Å². The Balaban J connectivity index is 1.45. The number of unbranched alkanes of at least 4 members (excludes halogenated alkanes) is 1. The van der Waals surface area contributed by atoms with Crippen molar-refractivity contribution < 1.29 is 14.2 Å². The fourth-order valence-electron chi connectivity index (χ4n) is 4.28. The molecule has 0 fully saturated rings. The predicted molar refractivity (Wildman–Crippen MR) is 125 cm³/mol. The summed E-state index contributed by atoms with van der Waals surface area (Å²) in [7, 11) is 1.68. The van der Waals surface area contributed by atoms with Gasteiger partial charge in [-0.15, -0.1) is 0 Å². The van der Waals surface area contributed by atoms with Gasteiger partial charge in [-0.05, 0) is 66.6 Å². The number of methoxy groups -OCH3 is 1. The normalized spacial score (nSPS) is 18.9. The number of rotatable bonds is 7. The van der Waals surface area contributed by atoms with Crippen molar-refractivity contribution >= 4 is 5.71 Å². The Morgan fingerprint density at radius 1 is 0.969 bits per heavy atom. The fourth-order valence-corrected chi connectivity index (χ4v) is 4.28. The molecule has 2 atom stereocenters. The second-order valence-corrected chi connectivity index (χ2v) is 8.15. The van der Waals surface area contributed by atoms with Crippen LogP contribution in [0.15, 0.2) is 77.9 Å². The van der Waals surface area contributed by atoms with E-state index in [9.17, 15) is 0 Å². The number of fused-ring (bicyclic) bond motifs is 3. The lowest BCUT2D eigenvalue weighted by molar-refractivity contribution is -0.0190. The molecular weight excluding hydrogens is 400 g/mol. The standard InChI is InChI=1S/C27H28N2O3/c1-3-4-17-31-22-15-11-20(12-16-22)27-29-25(23-7-5-6-8-26(23)32-27)18-24(28-29)19-9-13-21(30-2)14-10-19/h5-16,25,27H,3-4,17-18H2,1-2H3/t25-,27-/m0/s1. The molecule has 0 amide bonds. The summed E-state index contributed by atoms with van der Waals surface area (Å²) >= 11 is 0. The maximum atomic E-state index is 6.45. The molecule has 2 aliphatic heterocycles. The first kappa shape index (κ1) is 20.4. The highest BCUT2D eigenvalue weighted by Crippen LogP contribution is 2.47. The Morgan fingerprint density at radius 3 is 2.47 bits per heavy atom. The zero-order valence-corrected chi connectivity index (χ0v) is 18.5. The number of ether oxygens (including phenoxy) is 3. The van der Waals surface area contributed by atoms with Gasteiger partial charge in [-0.25, -0.2) is 5.01 Å². The van der Waals surface area contributed by atoms with Gasteiger partial charge in [0.2, 0.25) is 6.23 Å². The van der Waals surface area contributed by atoms with E-state index in [4.69, 9.17) is 19.3 Å². The molecule has 0 saturated heterocycles. The van der Waals surface area contributed by atoms with Gasteiger partial charge < -0.3 is 14.2 Å². The maximum Gasteiger partial charge on any atom is 0.213 e. The van der Waals surface area contributed by atoms with E-state index >= 15 is 0 Å². The zero-order valence-electron chi connectivity index (χ0n) is 18.5. The van der Waals surface area contributed by atoms with Crippen LogP contribution >= 0.6 is 0 Å². The molecule has 5 heteroatoms. The lowest BCUT2D eigenvalue weighted by Crippen LogP contribution is -2.33. The Labute approximate surface area is 189 Å². The summed E-state index contributed by atoms with van der Waals surface area (Å²) < 4.78 is 17.6. The first-order chi connectivity index (χ1) is 15.8. The van der Waals surface area contributed by atoms with Gasteiger partial charge in [-0.3, -0.25) is 0 Å². The average molecular weight is 429 g/mol. The number of benzene rings is 3. The van der Waals surface area contributed by atoms with E-state index in [2.05, 4.69) is 48.3 Å². The van der Waals surface area contributed by atoms with Crippen LogP contribution in [0.5, 0.6) is 17.2 Å². The van der Waals surface area contributed by atoms with Crippen LogP contribution in [0.3, 0.4) is 0 Å². The fraction of sp³-hybridized carbons (Fsp3) is 0.296. The number of para-hydroxylation sites is 1. The van der Waals surface area contributed by atoms with Crippen molar-refractivity contribution in [3.63, 3.8) is 0 Å². The highest BCUT2D eigenvalue weighted by atomic mass is 16.5. The third kappa shape index (κ3) is 3.91. The van der Waals surface area contributed by atoms with E-state index in [1.165, 1.54) is 5.56 Å². The molecule has 164 valence electrons. The van der Waals surface area contributed by atoms with Crippen LogP contribution in [0.25, 0.3) is 0 Å². The van der Waals surface area contributed by atoms with Crippen LogP contribution < -0.4 is 14.2 Å². The Kier molecular flexibility index (Phi) is 5.71. The number of hydrazone groups is 1. The Bertz CT molecular complexity index is 1090. The SMILES string of the molecule is CCCCOc1ccc([C@@H]2Oc3ccccc3[C@@H]3CC(c4ccc(OC)cc4)=NN32)cc1. The second-order valence-electron chi connectivity index (χ2n) is 8.15. The molecule has 0 saturated carbocycles. The molecular formula is C27H28N2O3. The van der Waals surface area contributed by atoms with Crippen LogP contribution in [0.4, 0.5) is 0 Å². The minimum atomic E-state index is -0.282. The third-order valence-corrected chi connectivity index (χ3v) is 6.05. The molecule has 3 aromatic rings. The van der Waals surface area contributed by atoms with Crippen LogP contribution in [0, 0.1) is 0 Å². The van der Waals surface area contributed by atoms with Gasteiger partial charge in [0.1, 0.15) is 17.2 Å². The Hall–Kier alpha value is -3.47. The molecule has 0 unspecified atom stereocenters. The van der Waals surface area contributed by atoms with Gasteiger partial charge in [0, 0.05) is 17.5 Å². The predicted octanol–water partition coefficient (Wildman–Crippen LogP) is 6.12. The molecule has 0 spiro atoms. The third-order valence-electron chi connectivity index (χ3n) is 6.05. The van der Waals surface area contributed by atoms with Crippen molar-refractivity contribution in [3.05, 3.63) is 89.5 Å². The van der Waals surface area contributed by atoms with Gasteiger partial charge >= 0.3 is 0 Å². The van der Waals surface area contributed by atoms with Crippen molar-refractivity contribution in [1.82, 2.24) is 5.01 Å². The van der Waals surface area contributed by atoms with Crippen LogP contribution in [0.2, 0.25) is 0 Å². The lowest BCUT2D eigenvalue weighted by atomic mass is 9.96. The van der Waals surface area contributed by atoms with E-state index in [-0.39, 0.29) is 12.3 Å². The molecule has 3 aromatic carbocycles. The summed E-state index contributed by atoms with van der Waals surface area (Å²) in [5, 5.41) is 7.13. The van der Waals surface area contributed by atoms with Crippen molar-refractivity contribution in [2.24, 2.45) is 5.10 Å². The topological polar surface area (TPSA) is 43.3 Å². The highest BCUT2D eigenvalue weighted by Gasteiger charge is 2.40. The van der Waals surface area contributed by atoms with E-state index in [0.717, 1.165) is 60.0 Å². The minimum Gasteiger partial charge on any atom is -0.497 e. The molecule has 2 aliphatic rings. The average Bonchev–Trinajstić information content (AvgIpc) is 3.30. The largest absolute Gasteiger partial charge is 0.497 e. The first-order valence-corrected chi connectivity index (χ1v) is 11.3. The summed E-state index contributed by atoms with van der Waals surface area (Å²) in [6, 6.07) is 24.7. The van der Waals surface area contributed by atoms with E-state index < -0.39 is 0 Å². The van der Waals surface area contributed by atoms with Gasteiger partial charge in [0.15, 0.2) is 0 Å². The van der Waals surface area contributed by atoms with Crippen molar-refractivity contribution in [3.8, 4) is 17.2 Å². The van der Waals surface area contributed by atoms with E-state index in [1.54, 1.807) is 7.11 Å². The monoisotopic (exact) mass is 428 g/mol. The molecule has 5 nitrogen and oxygen atoms in total. The quantitative estimate of drug-likeness (QED) is 0.426. The molecule has 0 bridgehead atoms. The first-order valence-electron chi connectivity index (χ1n) is 11.3. The molecule has 32 heavy (non-hydrogen) atoms. The van der Waals surface area contributed by atoms with Crippen LogP contribution in [-0.2, 0) is 0 Å². The Morgan fingerprint density at radius 2 is 1.72 bits per heavy atom. The van der Waals surface area contributed by atoms with Crippen LogP contribution in [-0.4, -0.2) is 24.4 Å². The molecule has 2 heterocycles. The molecule has 0 N–H and O–H groups in total. The zero-order chi connectivity index (χ0) is 21.9. The molecule has 0 radical (unpaired) electrons. The lowest BCUT2D eigenvalue weighted by Gasteiger charge is -2.38. The van der Waals surface area contributed by atoms with Crippen LogP contribution in [0.1, 0.15) is 55.1 Å². The molecule has 0 aliphatic carbocycles. The summed E-state index contributed by atoms with van der Waals surface area (Å²) in [6.07, 6.45) is 2.73. The highest BCUT2D eigenvalue weighted by molar-refractivity contribution is 6.02. The van der Waals surface area contributed by atoms with E-state index in [0.29, 0.717) is 0 Å². The van der Waals surface area contributed by atoms with E-state index in [1.807, 2.05) is 36.4 Å². The summed E-state index contributed by atoms with van der Waals surface area (Å²) in [5.41, 5.74) is 4.40. The minimum absolute atomic E-state index is 0.141. The van der Waals surface area contributed by atoms with Gasteiger partial charge in [-0.1, -0.05) is 31.5 Å². The summed E-state index contributed by atoms with van der Waals surface area (Å²) in [6.45, 7) is 2.91. The smallest absolute Gasteiger partial charge is 0.213 e. The second kappa shape index (κ2) is 8.95. The number of hydrogen-bond acceptors (Lipinski definition) is 5. The number of nitrogens with zero attached hydrogens (tertiary/aromatic N) is 2. The maximum absolute atomic E-state index is 6.45. The van der Waals surface area contributed by atoms with Crippen molar-refractivity contribution in [2.45, 2.75) is 38.5 Å². The molecule has 0 aromatic heterocycles.